The zero-order valence-corrected chi connectivity index (χ0v) is 51.2. The number of amides is 4. The normalized spacial score (nSPS) is 17.1. The Hall–Kier alpha value is -8.23. The Labute approximate surface area is 518 Å². The van der Waals surface area contributed by atoms with Crippen LogP contribution in [-0.2, 0) is 93.3 Å². The Morgan fingerprint density at radius 2 is 0.966 bits per heavy atom. The molecule has 6 rings (SSSR count). The van der Waals surface area contributed by atoms with E-state index in [1.807, 2.05) is 43.3 Å². The number of carbonyl (C=O) groups excluding carboxylic acids is 10. The molecule has 25 heteroatoms. The molecule has 2 saturated carbocycles. The summed E-state index contributed by atoms with van der Waals surface area (Å²) in [6.07, 6.45) is 7.56. The van der Waals surface area contributed by atoms with Gasteiger partial charge in [-0.3, -0.25) is 47.9 Å². The van der Waals surface area contributed by atoms with Gasteiger partial charge in [0, 0.05) is 74.8 Å². The monoisotopic (exact) mass is 1250 g/mol. The van der Waals surface area contributed by atoms with Gasteiger partial charge in [0.25, 0.3) is 0 Å². The maximum atomic E-state index is 12.4. The molecule has 0 aromatic heterocycles. The Morgan fingerprint density at radius 1 is 0.539 bits per heavy atom. The van der Waals surface area contributed by atoms with E-state index in [0.29, 0.717) is 87.1 Å². The smallest absolute Gasteiger partial charge is 0.416 e. The third kappa shape index (κ3) is 27.8. The van der Waals surface area contributed by atoms with Gasteiger partial charge in [-0.15, -0.1) is 0 Å². The number of carboxylic acids is 1. The van der Waals surface area contributed by atoms with E-state index in [1.165, 1.54) is 14.2 Å². The Morgan fingerprint density at radius 3 is 1.39 bits per heavy atom. The number of hydrogen-bond acceptors (Lipinski definition) is 20. The van der Waals surface area contributed by atoms with Crippen molar-refractivity contribution < 1.29 is 97.2 Å². The molecule has 3 aliphatic rings. The minimum absolute atomic E-state index is 0.00196. The fourth-order valence-electron chi connectivity index (χ4n) is 9.93. The molecule has 1 aliphatic heterocycles. The van der Waals surface area contributed by atoms with E-state index < -0.39 is 29.9 Å². The topological polar surface area (TPSA) is 391 Å². The summed E-state index contributed by atoms with van der Waals surface area (Å²) >= 11 is 0. The summed E-state index contributed by atoms with van der Waals surface area (Å²) in [4.78, 5) is 131. The van der Waals surface area contributed by atoms with Gasteiger partial charge >= 0.3 is 24.0 Å². The number of nitrogens with one attached hydrogen (secondary N) is 3. The predicted molar refractivity (Wildman–Crippen MR) is 326 cm³/mol. The number of nitrogens with two attached hydrogens (primary N) is 1. The minimum Gasteiger partial charge on any atom is -0.481 e. The summed E-state index contributed by atoms with van der Waals surface area (Å²) < 4.78 is 20.1. The largest absolute Gasteiger partial charge is 0.481 e. The quantitative estimate of drug-likeness (QED) is 0.0244. The summed E-state index contributed by atoms with van der Waals surface area (Å²) in [5.74, 6) is -4.05. The molecule has 10 N–H and O–H groups in total. The molecule has 25 nitrogen and oxygen atoms in total. The van der Waals surface area contributed by atoms with E-state index in [9.17, 15) is 63.0 Å². The number of methoxy groups -OCH3 is 2. The lowest BCUT2D eigenvalue weighted by molar-refractivity contribution is -0.148. The molecule has 1 heterocycles. The van der Waals surface area contributed by atoms with E-state index in [-0.39, 0.29) is 156 Å². The fourth-order valence-corrected chi connectivity index (χ4v) is 9.93. The Balaban J connectivity index is 0.000000333. The van der Waals surface area contributed by atoms with Crippen LogP contribution in [0.5, 0.6) is 0 Å². The van der Waals surface area contributed by atoms with Crippen LogP contribution in [-0.4, -0.2) is 137 Å². The van der Waals surface area contributed by atoms with E-state index in [2.05, 4.69) is 16.0 Å². The van der Waals surface area contributed by atoms with Gasteiger partial charge in [-0.05, 0) is 129 Å². The summed E-state index contributed by atoms with van der Waals surface area (Å²) in [7, 11) is 2.70. The van der Waals surface area contributed by atoms with Crippen LogP contribution in [0.1, 0.15) is 144 Å². The van der Waals surface area contributed by atoms with Gasteiger partial charge in [-0.25, -0.2) is 9.69 Å². The molecule has 1 atom stereocenters. The molecule has 488 valence electrons. The van der Waals surface area contributed by atoms with Gasteiger partial charge < -0.3 is 66.2 Å². The van der Waals surface area contributed by atoms with Crippen LogP contribution in [0.15, 0.2) is 66.7 Å². The Bertz CT molecular complexity index is 2830. The van der Waals surface area contributed by atoms with Crippen molar-refractivity contribution in [2.24, 2.45) is 23.7 Å². The zero-order chi connectivity index (χ0) is 65.8. The number of anilines is 3. The summed E-state index contributed by atoms with van der Waals surface area (Å²) in [6, 6.07) is 17.5. The number of aliphatic hydroxyl groups is 4. The highest BCUT2D eigenvalue weighted by atomic mass is 16.6. The standard InChI is InChI=1S/C25H34N2O8.C17H25NO7.C14H17NO3.C8H11NO2/c1-35-25(34)19-4-2-18(3-5-19)22(31)7-9-23(32)26-13-21(30)6-8-24(33)27-20-11-16(14-28)10-17(12-20)15-29;1-25-17(24)12-4-2-11(3-5-12)14(20)7-8-15(21)18-10-13(19)6-9-16(22)23;1-3-17-13-10-9-11-7-5-6-8-12(11)15(13)14(16)18-4-2;9-8-2-6(4-10)1-7(3-8)5-11/h10-12,18-19,28-29H,2-9,13-15H2,1H3,(H,26,32)(H,27,33);11-12H,2-10H2,1H3,(H,18,21)(H,22,23);5-10,13H,3-4H2,1-2H3;1-3,10-11H,4-5,9H2. The molecule has 2 fully saturated rings. The van der Waals surface area contributed by atoms with Gasteiger partial charge in [0.1, 0.15) is 11.6 Å². The molecule has 0 bridgehead atoms. The third-order valence-corrected chi connectivity index (χ3v) is 14.7. The molecule has 4 amide bonds. The van der Waals surface area contributed by atoms with Crippen LogP contribution >= 0.6 is 0 Å². The van der Waals surface area contributed by atoms with Crippen molar-refractivity contribution in [3.8, 4) is 0 Å². The number of aliphatic hydroxyl groups excluding tert-OH is 4. The molecule has 3 aromatic rings. The molecule has 2 aliphatic carbocycles. The predicted octanol–water partition coefficient (Wildman–Crippen LogP) is 5.56. The molecule has 0 saturated heterocycles. The highest BCUT2D eigenvalue weighted by molar-refractivity contribution is 5.96. The molecule has 3 aromatic carbocycles. The van der Waals surface area contributed by atoms with Crippen molar-refractivity contribution in [1.29, 1.82) is 0 Å². The maximum absolute atomic E-state index is 12.4. The van der Waals surface area contributed by atoms with E-state index >= 15 is 0 Å². The van der Waals surface area contributed by atoms with Crippen molar-refractivity contribution in [2.75, 3.05) is 56.5 Å². The van der Waals surface area contributed by atoms with Crippen molar-refractivity contribution >= 4 is 88.0 Å². The number of hydrogen-bond donors (Lipinski definition) is 9. The number of nitrogens with zero attached hydrogens (tertiary/aromatic N) is 1. The molecule has 89 heavy (non-hydrogen) atoms. The summed E-state index contributed by atoms with van der Waals surface area (Å²) in [5.41, 5.74) is 10.8. The number of Topliss-reactive ketones (excluding diaryl/α,β-unsaturated/α-hetero) is 4. The second-order valence-electron chi connectivity index (χ2n) is 21.2. The number of nitrogen functional groups attached to an aromatic ring is 1. The van der Waals surface area contributed by atoms with Crippen molar-refractivity contribution in [3.63, 3.8) is 0 Å². The van der Waals surface area contributed by atoms with Crippen LogP contribution in [0.3, 0.4) is 0 Å². The highest BCUT2D eigenvalue weighted by Gasteiger charge is 2.33. The SMILES string of the molecule is CCOC(=O)N1c2ccccc2C=CC1OCC.COC(=O)C1CCC(C(=O)CCC(=O)NCC(=O)CCC(=O)Nc2cc(CO)cc(CO)c2)CC1.COC(=O)C1CCC(C(=O)CCC(=O)NCC(=O)CCC(=O)O)CC1.Nc1cc(CO)cc(CO)c1. The lowest BCUT2D eigenvalue weighted by Gasteiger charge is -2.32. The summed E-state index contributed by atoms with van der Waals surface area (Å²) in [6.45, 7) is 3.57. The van der Waals surface area contributed by atoms with Crippen molar-refractivity contribution in [1.82, 2.24) is 10.6 Å². The molecular formula is C64H87N5O20. The third-order valence-electron chi connectivity index (χ3n) is 14.7. The number of rotatable bonds is 28. The second-order valence-corrected chi connectivity index (χ2v) is 21.2. The highest BCUT2D eigenvalue weighted by Crippen LogP contribution is 2.33. The lowest BCUT2D eigenvalue weighted by Crippen LogP contribution is -2.43. The molecular weight excluding hydrogens is 1160 g/mol. The number of fused-ring (bicyclic) bond motifs is 1. The number of benzene rings is 3. The average molecular weight is 1250 g/mol. The van der Waals surface area contributed by atoms with E-state index in [0.717, 1.165) is 22.4 Å². The number of ether oxygens (including phenoxy) is 4. The molecule has 0 spiro atoms. The van der Waals surface area contributed by atoms with Crippen molar-refractivity contribution in [3.05, 3.63) is 94.6 Å². The first kappa shape index (κ1) is 75.0. The number of para-hydroxylation sites is 1. The molecule has 0 radical (unpaired) electrons. The second kappa shape index (κ2) is 41.1. The number of carbonyl (C=O) groups is 11. The lowest BCUT2D eigenvalue weighted by atomic mass is 9.79. The van der Waals surface area contributed by atoms with Crippen molar-refractivity contribution in [2.45, 2.75) is 149 Å². The van der Waals surface area contributed by atoms with E-state index in [1.54, 1.807) is 48.2 Å². The van der Waals surface area contributed by atoms with Crippen LogP contribution < -0.4 is 26.6 Å². The van der Waals surface area contributed by atoms with Gasteiger partial charge in [0.05, 0.1) is 84.3 Å². The van der Waals surface area contributed by atoms with Gasteiger partial charge in [-0.2, -0.15) is 0 Å². The first-order valence-electron chi connectivity index (χ1n) is 29.7. The Kier molecular flexibility index (Phi) is 34.6. The number of esters is 2. The van der Waals surface area contributed by atoms with Gasteiger partial charge in [0.2, 0.25) is 17.7 Å². The minimum atomic E-state index is -1.06. The van der Waals surface area contributed by atoms with Crippen LogP contribution in [0.2, 0.25) is 0 Å². The van der Waals surface area contributed by atoms with Crippen LogP contribution in [0.4, 0.5) is 21.9 Å². The van der Waals surface area contributed by atoms with Gasteiger partial charge in [-0.1, -0.05) is 36.4 Å². The summed E-state index contributed by atoms with van der Waals surface area (Å²) in [5, 5.41) is 52.0. The molecule has 1 unspecified atom stereocenters. The first-order chi connectivity index (χ1) is 42.6. The fraction of sp³-hybridized carbons (Fsp3) is 0.516. The average Bonchev–Trinajstić information content (AvgIpc) is 2.05. The van der Waals surface area contributed by atoms with Gasteiger partial charge in [0.15, 0.2) is 17.8 Å². The van der Waals surface area contributed by atoms with E-state index in [4.69, 9.17) is 40.0 Å². The number of ketones is 4. The first-order valence-corrected chi connectivity index (χ1v) is 29.7. The van der Waals surface area contributed by atoms with Crippen LogP contribution in [0.25, 0.3) is 6.08 Å². The number of aliphatic carboxylic acids is 1. The van der Waals surface area contributed by atoms with Crippen LogP contribution in [0, 0.1) is 23.7 Å². The maximum Gasteiger partial charge on any atom is 0.416 e. The number of carboxylic acid groups (broad SMARTS) is 1. The zero-order valence-electron chi connectivity index (χ0n) is 51.2.